The molecule has 6 nitrogen and oxygen atoms in total. The van der Waals surface area contributed by atoms with Crippen LogP contribution >= 0.6 is 11.8 Å². The summed E-state index contributed by atoms with van der Waals surface area (Å²) >= 11 is 1.21. The number of ketones is 1. The standard InChI is InChI=1S/C19H17N3O3S/c1-25-15-9-7-14(8-10-15)16(23)11-17-18(24)21-19(26-17)22-20-12-13-5-3-2-4-6-13/h2-10,12,17H,11H2,1H3,(H,21,22,24)/b20-12+. The highest BCUT2D eigenvalue weighted by Gasteiger charge is 2.32. The van der Waals surface area contributed by atoms with Gasteiger partial charge in [-0.15, -0.1) is 5.10 Å². The summed E-state index contributed by atoms with van der Waals surface area (Å²) in [4.78, 5) is 24.4. The van der Waals surface area contributed by atoms with Crippen molar-refractivity contribution in [3.63, 3.8) is 0 Å². The summed E-state index contributed by atoms with van der Waals surface area (Å²) in [6.45, 7) is 0. The predicted molar refractivity (Wildman–Crippen MR) is 103 cm³/mol. The molecule has 0 spiro atoms. The fourth-order valence-electron chi connectivity index (χ4n) is 2.34. The third-order valence-corrected chi connectivity index (χ3v) is 4.79. The first kappa shape index (κ1) is 17.9. The number of carbonyl (C=O) groups excluding carboxylic acids is 2. The van der Waals surface area contributed by atoms with Crippen molar-refractivity contribution < 1.29 is 14.3 Å². The van der Waals surface area contributed by atoms with Crippen LogP contribution in [0.1, 0.15) is 22.3 Å². The fraction of sp³-hybridized carbons (Fsp3) is 0.158. The molecule has 7 heteroatoms. The number of hydrogen-bond donors (Lipinski definition) is 1. The zero-order valence-electron chi connectivity index (χ0n) is 14.1. The van der Waals surface area contributed by atoms with Crippen LogP contribution in [-0.2, 0) is 4.79 Å². The van der Waals surface area contributed by atoms with Crippen molar-refractivity contribution in [3.05, 3.63) is 65.7 Å². The fourth-order valence-corrected chi connectivity index (χ4v) is 3.26. The van der Waals surface area contributed by atoms with E-state index in [0.717, 1.165) is 5.56 Å². The highest BCUT2D eigenvalue weighted by molar-refractivity contribution is 8.15. The summed E-state index contributed by atoms with van der Waals surface area (Å²) in [6.07, 6.45) is 1.71. The minimum atomic E-state index is -0.504. The van der Waals surface area contributed by atoms with E-state index in [4.69, 9.17) is 4.74 Å². The normalized spacial score (nSPS) is 18.3. The quantitative estimate of drug-likeness (QED) is 0.484. The molecular weight excluding hydrogens is 350 g/mol. The third-order valence-electron chi connectivity index (χ3n) is 3.71. The Morgan fingerprint density at radius 2 is 1.92 bits per heavy atom. The molecule has 1 amide bonds. The van der Waals surface area contributed by atoms with E-state index < -0.39 is 5.25 Å². The lowest BCUT2D eigenvalue weighted by Gasteiger charge is -2.05. The van der Waals surface area contributed by atoms with Crippen LogP contribution in [0.4, 0.5) is 0 Å². The number of hydrogen-bond acceptors (Lipinski definition) is 6. The van der Waals surface area contributed by atoms with Crippen molar-refractivity contribution in [1.29, 1.82) is 0 Å². The number of Topliss-reactive ketones (excluding diaryl/α,β-unsaturated/α-hetero) is 1. The van der Waals surface area contributed by atoms with Crippen LogP contribution in [0.5, 0.6) is 5.75 Å². The van der Waals surface area contributed by atoms with Crippen molar-refractivity contribution in [2.75, 3.05) is 7.11 Å². The SMILES string of the molecule is COc1ccc(C(=O)CC2S/C(=N\N=C\c3ccccc3)NC2=O)cc1. The molecule has 2 aromatic carbocycles. The molecule has 1 aliphatic heterocycles. The number of nitrogens with zero attached hydrogens (tertiary/aromatic N) is 2. The highest BCUT2D eigenvalue weighted by atomic mass is 32.2. The summed E-state index contributed by atoms with van der Waals surface area (Å²) < 4.78 is 5.07. The Kier molecular flexibility index (Phi) is 5.80. The van der Waals surface area contributed by atoms with Crippen LogP contribution < -0.4 is 10.1 Å². The number of amides is 1. The van der Waals surface area contributed by atoms with Crippen molar-refractivity contribution in [2.24, 2.45) is 10.2 Å². The lowest BCUT2D eigenvalue weighted by molar-refractivity contribution is -0.118. The van der Waals surface area contributed by atoms with E-state index in [1.54, 1.807) is 37.6 Å². The molecule has 1 aliphatic rings. The van der Waals surface area contributed by atoms with E-state index in [1.807, 2.05) is 30.3 Å². The van der Waals surface area contributed by atoms with Gasteiger partial charge >= 0.3 is 0 Å². The van der Waals surface area contributed by atoms with Gasteiger partial charge in [-0.05, 0) is 29.8 Å². The van der Waals surface area contributed by atoms with Crippen LogP contribution in [0.15, 0.2) is 64.8 Å². The number of rotatable bonds is 6. The van der Waals surface area contributed by atoms with Gasteiger partial charge in [0, 0.05) is 12.0 Å². The van der Waals surface area contributed by atoms with Gasteiger partial charge in [0.2, 0.25) is 5.91 Å². The van der Waals surface area contributed by atoms with E-state index >= 15 is 0 Å². The highest BCUT2D eigenvalue weighted by Crippen LogP contribution is 2.24. The topological polar surface area (TPSA) is 80.1 Å². The molecule has 1 saturated heterocycles. The van der Waals surface area contributed by atoms with Crippen LogP contribution in [0.25, 0.3) is 0 Å². The first-order valence-corrected chi connectivity index (χ1v) is 8.84. The van der Waals surface area contributed by atoms with Gasteiger partial charge in [-0.1, -0.05) is 42.1 Å². The van der Waals surface area contributed by atoms with Gasteiger partial charge in [0.1, 0.15) is 5.75 Å². The van der Waals surface area contributed by atoms with Gasteiger partial charge in [0.15, 0.2) is 11.0 Å². The maximum absolute atomic E-state index is 12.3. The molecule has 0 bridgehead atoms. The number of methoxy groups -OCH3 is 1. The van der Waals surface area contributed by atoms with Crippen molar-refractivity contribution >= 4 is 34.8 Å². The largest absolute Gasteiger partial charge is 0.497 e. The van der Waals surface area contributed by atoms with Crippen molar-refractivity contribution in [3.8, 4) is 5.75 Å². The van der Waals surface area contributed by atoms with Crippen LogP contribution in [-0.4, -0.2) is 35.4 Å². The zero-order valence-corrected chi connectivity index (χ0v) is 14.9. The Bertz CT molecular complexity index is 848. The molecule has 0 aliphatic carbocycles. The Labute approximate surface area is 155 Å². The van der Waals surface area contributed by atoms with Crippen LogP contribution in [0.2, 0.25) is 0 Å². The number of ether oxygens (including phenoxy) is 1. The molecule has 2 aromatic rings. The maximum atomic E-state index is 12.3. The van der Waals surface area contributed by atoms with E-state index in [0.29, 0.717) is 16.5 Å². The second-order valence-electron chi connectivity index (χ2n) is 5.51. The molecule has 1 heterocycles. The molecule has 0 aromatic heterocycles. The molecule has 1 unspecified atom stereocenters. The molecule has 132 valence electrons. The second-order valence-corrected chi connectivity index (χ2v) is 6.70. The summed E-state index contributed by atoms with van der Waals surface area (Å²) in [6, 6.07) is 16.4. The minimum absolute atomic E-state index is 0.101. The number of nitrogens with one attached hydrogen (secondary N) is 1. The molecule has 1 N–H and O–H groups in total. The number of carbonyl (C=O) groups is 2. The Balaban J connectivity index is 1.59. The van der Waals surface area contributed by atoms with Gasteiger partial charge in [0.25, 0.3) is 0 Å². The van der Waals surface area contributed by atoms with E-state index in [-0.39, 0.29) is 18.1 Å². The first-order valence-electron chi connectivity index (χ1n) is 7.96. The van der Waals surface area contributed by atoms with Gasteiger partial charge in [-0.25, -0.2) is 0 Å². The van der Waals surface area contributed by atoms with Crippen LogP contribution in [0.3, 0.4) is 0 Å². The van der Waals surface area contributed by atoms with Gasteiger partial charge in [-0.2, -0.15) is 5.10 Å². The molecule has 0 saturated carbocycles. The molecule has 26 heavy (non-hydrogen) atoms. The summed E-state index contributed by atoms with van der Waals surface area (Å²) in [5, 5.41) is 10.5. The van der Waals surface area contributed by atoms with Gasteiger partial charge in [0.05, 0.1) is 18.6 Å². The average Bonchev–Trinajstić information content (AvgIpc) is 3.02. The zero-order chi connectivity index (χ0) is 18.4. The molecule has 0 radical (unpaired) electrons. The van der Waals surface area contributed by atoms with Crippen molar-refractivity contribution in [1.82, 2.24) is 5.32 Å². The molecule has 3 rings (SSSR count). The Hall–Kier alpha value is -2.93. The van der Waals surface area contributed by atoms with Crippen LogP contribution in [0, 0.1) is 0 Å². The third kappa shape index (κ3) is 4.58. The van der Waals surface area contributed by atoms with E-state index in [2.05, 4.69) is 15.5 Å². The minimum Gasteiger partial charge on any atom is -0.497 e. The number of amidine groups is 1. The molecule has 1 fully saturated rings. The second kappa shape index (κ2) is 8.44. The maximum Gasteiger partial charge on any atom is 0.240 e. The number of benzene rings is 2. The molecular formula is C19H17N3O3S. The Morgan fingerprint density at radius 1 is 1.19 bits per heavy atom. The van der Waals surface area contributed by atoms with Gasteiger partial charge < -0.3 is 10.1 Å². The van der Waals surface area contributed by atoms with E-state index in [1.165, 1.54) is 11.8 Å². The summed E-state index contributed by atoms with van der Waals surface area (Å²) in [5.41, 5.74) is 1.46. The van der Waals surface area contributed by atoms with Crippen molar-refractivity contribution in [2.45, 2.75) is 11.7 Å². The lowest BCUT2D eigenvalue weighted by Crippen LogP contribution is -2.26. The summed E-state index contributed by atoms with van der Waals surface area (Å²) in [5.74, 6) is 0.347. The summed E-state index contributed by atoms with van der Waals surface area (Å²) in [7, 11) is 1.57. The lowest BCUT2D eigenvalue weighted by atomic mass is 10.1. The first-order chi connectivity index (χ1) is 12.7. The predicted octanol–water partition coefficient (Wildman–Crippen LogP) is 2.89. The average molecular weight is 367 g/mol. The van der Waals surface area contributed by atoms with Gasteiger partial charge in [-0.3, -0.25) is 9.59 Å². The van der Waals surface area contributed by atoms with E-state index in [9.17, 15) is 9.59 Å². The number of thioether (sulfide) groups is 1. The monoisotopic (exact) mass is 367 g/mol. The smallest absolute Gasteiger partial charge is 0.240 e. The molecule has 1 atom stereocenters. The Morgan fingerprint density at radius 3 is 2.62 bits per heavy atom.